The average Bonchev–Trinajstić information content (AvgIpc) is 2.72. The number of aliphatic hydroxyl groups is 1. The highest BCUT2D eigenvalue weighted by Gasteiger charge is 2.20. The summed E-state index contributed by atoms with van der Waals surface area (Å²) in [7, 11) is 0. The van der Waals surface area contributed by atoms with Crippen LogP contribution < -0.4 is 5.32 Å². The smallest absolute Gasteiger partial charge is 0.333 e. The number of rotatable bonds is 7. The highest BCUT2D eigenvalue weighted by molar-refractivity contribution is 5.79. The number of carbonyl (C=O) groups is 1. The third kappa shape index (κ3) is 4.49. The molecule has 0 fully saturated rings. The van der Waals surface area contributed by atoms with E-state index in [0.29, 0.717) is 21.6 Å². The fraction of sp³-hybridized carbons (Fsp3) is 0.714. The van der Waals surface area contributed by atoms with Gasteiger partial charge in [0.15, 0.2) is 0 Å². The largest absolute Gasteiger partial charge is 0.391 e. The molecular formula is C14H23F2N3O2. The van der Waals surface area contributed by atoms with Gasteiger partial charge in [0.05, 0.1) is 18.2 Å². The molecule has 1 aromatic heterocycles. The lowest BCUT2D eigenvalue weighted by atomic mass is 10.0. The van der Waals surface area contributed by atoms with Crippen LogP contribution in [-0.2, 0) is 11.2 Å². The van der Waals surface area contributed by atoms with Crippen LogP contribution in [0.3, 0.4) is 0 Å². The lowest BCUT2D eigenvalue weighted by Gasteiger charge is -2.17. The molecule has 5 nitrogen and oxygen atoms in total. The van der Waals surface area contributed by atoms with Gasteiger partial charge in [0.2, 0.25) is 5.91 Å². The van der Waals surface area contributed by atoms with Gasteiger partial charge < -0.3 is 10.4 Å². The Bertz CT molecular complexity index is 489. The Morgan fingerprint density at radius 3 is 2.52 bits per heavy atom. The second-order valence-electron chi connectivity index (χ2n) is 5.31. The van der Waals surface area contributed by atoms with Gasteiger partial charge in [-0.2, -0.15) is 13.9 Å². The summed E-state index contributed by atoms with van der Waals surface area (Å²) in [5, 5.41) is 16.2. The summed E-state index contributed by atoms with van der Waals surface area (Å²) in [5.41, 5.74) is 1.22. The molecule has 1 aromatic rings. The summed E-state index contributed by atoms with van der Waals surface area (Å²) >= 11 is 0. The topological polar surface area (TPSA) is 67.2 Å². The van der Waals surface area contributed by atoms with Crippen LogP contribution in [0.25, 0.3) is 0 Å². The summed E-state index contributed by atoms with van der Waals surface area (Å²) in [4.78, 5) is 11.9. The summed E-state index contributed by atoms with van der Waals surface area (Å²) in [6, 6.07) is 0. The molecule has 0 aliphatic heterocycles. The van der Waals surface area contributed by atoms with Crippen LogP contribution in [0.4, 0.5) is 8.78 Å². The van der Waals surface area contributed by atoms with Crippen LogP contribution in [-0.4, -0.2) is 33.4 Å². The van der Waals surface area contributed by atoms with Gasteiger partial charge in [0, 0.05) is 17.8 Å². The SMILES string of the molecule is CCC(C)C(O)CNC(=O)Cc1c(C)nn(C(F)F)c1C. The van der Waals surface area contributed by atoms with Gasteiger partial charge in [-0.25, -0.2) is 4.68 Å². The Morgan fingerprint density at radius 1 is 1.43 bits per heavy atom. The number of halogens is 2. The second kappa shape index (κ2) is 7.49. The van der Waals surface area contributed by atoms with Crippen molar-refractivity contribution in [2.45, 2.75) is 53.2 Å². The average molecular weight is 303 g/mol. The number of nitrogens with one attached hydrogen (secondary N) is 1. The van der Waals surface area contributed by atoms with Crippen LogP contribution in [0.1, 0.15) is 43.8 Å². The molecule has 0 aromatic carbocycles. The van der Waals surface area contributed by atoms with Crippen molar-refractivity contribution >= 4 is 5.91 Å². The molecule has 0 saturated carbocycles. The normalized spacial score (nSPS) is 14.3. The first kappa shape index (κ1) is 17.6. The number of amides is 1. The molecule has 2 N–H and O–H groups in total. The number of aryl methyl sites for hydroxylation is 1. The first-order valence-electron chi connectivity index (χ1n) is 7.05. The number of aromatic nitrogens is 2. The lowest BCUT2D eigenvalue weighted by molar-refractivity contribution is -0.121. The zero-order valence-electron chi connectivity index (χ0n) is 12.9. The number of hydrogen-bond donors (Lipinski definition) is 2. The molecule has 0 radical (unpaired) electrons. The van der Waals surface area contributed by atoms with Crippen LogP contribution >= 0.6 is 0 Å². The van der Waals surface area contributed by atoms with E-state index in [2.05, 4.69) is 10.4 Å². The Labute approximate surface area is 123 Å². The second-order valence-corrected chi connectivity index (χ2v) is 5.31. The molecule has 0 saturated heterocycles. The Hall–Kier alpha value is -1.50. The number of carbonyl (C=O) groups excluding carboxylic acids is 1. The maximum atomic E-state index is 12.7. The zero-order chi connectivity index (χ0) is 16.2. The van der Waals surface area contributed by atoms with Crippen molar-refractivity contribution in [3.63, 3.8) is 0 Å². The molecule has 21 heavy (non-hydrogen) atoms. The molecule has 1 rings (SSSR count). The van der Waals surface area contributed by atoms with Gasteiger partial charge >= 0.3 is 6.55 Å². The van der Waals surface area contributed by atoms with E-state index in [1.54, 1.807) is 6.92 Å². The molecule has 0 aliphatic rings. The highest BCUT2D eigenvalue weighted by Crippen LogP contribution is 2.19. The predicted octanol–water partition coefficient (Wildman–Crippen LogP) is 1.96. The molecule has 0 aliphatic carbocycles. The van der Waals surface area contributed by atoms with E-state index in [1.165, 1.54) is 6.92 Å². The van der Waals surface area contributed by atoms with E-state index in [0.717, 1.165) is 6.42 Å². The van der Waals surface area contributed by atoms with Gasteiger partial charge in [-0.1, -0.05) is 20.3 Å². The molecule has 0 bridgehead atoms. The Balaban J connectivity index is 2.64. The molecule has 1 heterocycles. The molecule has 7 heteroatoms. The lowest BCUT2D eigenvalue weighted by Crippen LogP contribution is -2.36. The van der Waals surface area contributed by atoms with E-state index in [4.69, 9.17) is 0 Å². The quantitative estimate of drug-likeness (QED) is 0.809. The van der Waals surface area contributed by atoms with Crippen molar-refractivity contribution in [2.75, 3.05) is 6.54 Å². The number of hydrogen-bond acceptors (Lipinski definition) is 3. The third-order valence-corrected chi connectivity index (χ3v) is 3.81. The summed E-state index contributed by atoms with van der Waals surface area (Å²) in [6.45, 7) is 4.42. The minimum atomic E-state index is -2.72. The maximum absolute atomic E-state index is 12.7. The molecule has 2 unspecified atom stereocenters. The summed E-state index contributed by atoms with van der Waals surface area (Å²) in [6.07, 6.45) is 0.193. The Morgan fingerprint density at radius 2 is 2.05 bits per heavy atom. The van der Waals surface area contributed by atoms with Crippen LogP contribution in [0.2, 0.25) is 0 Å². The summed E-state index contributed by atoms with van der Waals surface area (Å²) < 4.78 is 26.0. The van der Waals surface area contributed by atoms with E-state index >= 15 is 0 Å². The molecule has 0 spiro atoms. The number of aliphatic hydroxyl groups excluding tert-OH is 1. The van der Waals surface area contributed by atoms with Gasteiger partial charge in [-0.15, -0.1) is 0 Å². The van der Waals surface area contributed by atoms with Gasteiger partial charge in [0.25, 0.3) is 0 Å². The van der Waals surface area contributed by atoms with E-state index in [1.807, 2.05) is 13.8 Å². The first-order chi connectivity index (χ1) is 9.77. The minimum Gasteiger partial charge on any atom is -0.391 e. The maximum Gasteiger partial charge on any atom is 0.333 e. The number of nitrogens with zero attached hydrogens (tertiary/aromatic N) is 2. The van der Waals surface area contributed by atoms with Crippen molar-refractivity contribution in [3.8, 4) is 0 Å². The van der Waals surface area contributed by atoms with Gasteiger partial charge in [0.1, 0.15) is 0 Å². The fourth-order valence-corrected chi connectivity index (χ4v) is 2.06. The zero-order valence-corrected chi connectivity index (χ0v) is 12.9. The molecular weight excluding hydrogens is 280 g/mol. The first-order valence-corrected chi connectivity index (χ1v) is 7.05. The van der Waals surface area contributed by atoms with Gasteiger partial charge in [-0.3, -0.25) is 4.79 Å². The van der Waals surface area contributed by atoms with Crippen LogP contribution in [0, 0.1) is 19.8 Å². The van der Waals surface area contributed by atoms with Crippen LogP contribution in [0.5, 0.6) is 0 Å². The van der Waals surface area contributed by atoms with Gasteiger partial charge in [-0.05, 0) is 19.8 Å². The standard InChI is InChI=1S/C14H23F2N3O2/c1-5-8(2)12(20)7-17-13(21)6-11-9(3)18-19(10(11)4)14(15)16/h8,12,14,20H,5-7H2,1-4H3,(H,17,21). The third-order valence-electron chi connectivity index (χ3n) is 3.81. The van der Waals surface area contributed by atoms with E-state index in [-0.39, 0.29) is 24.8 Å². The van der Waals surface area contributed by atoms with Crippen molar-refractivity contribution in [2.24, 2.45) is 5.92 Å². The molecule has 1 amide bonds. The fourth-order valence-electron chi connectivity index (χ4n) is 2.06. The van der Waals surface area contributed by atoms with Crippen molar-refractivity contribution < 1.29 is 18.7 Å². The van der Waals surface area contributed by atoms with E-state index < -0.39 is 12.7 Å². The van der Waals surface area contributed by atoms with Crippen molar-refractivity contribution in [1.29, 1.82) is 0 Å². The van der Waals surface area contributed by atoms with Crippen LogP contribution in [0.15, 0.2) is 0 Å². The highest BCUT2D eigenvalue weighted by atomic mass is 19.3. The summed E-state index contributed by atoms with van der Waals surface area (Å²) in [5.74, 6) is -0.215. The predicted molar refractivity (Wildman–Crippen MR) is 75.1 cm³/mol. The van der Waals surface area contributed by atoms with E-state index in [9.17, 15) is 18.7 Å². The Kier molecular flexibility index (Phi) is 6.26. The van der Waals surface area contributed by atoms with Crippen molar-refractivity contribution in [3.05, 3.63) is 17.0 Å². The molecule has 2 atom stereocenters. The minimum absolute atomic E-state index is 0.0163. The monoisotopic (exact) mass is 303 g/mol. The number of alkyl halides is 2. The molecule has 120 valence electrons. The van der Waals surface area contributed by atoms with Crippen molar-refractivity contribution in [1.82, 2.24) is 15.1 Å².